The molecule has 4 aliphatic carbocycles. The SMILES string of the molecule is FC(F)(F)c1ccc(C2(c3ccc(C(F)(F)F)cc3)c3cc4c5c(cc6c7c8c(cc9c%10c(cc2c(c3c57)c%108)-c2ccccc2-9)C6(c2ccc(C(F)(F)F)cc2)c2ccc(C(F)(F)F)cc2)-c2ccccc2-4)cc1. The molecular formula is C62H28F12. The minimum atomic E-state index is -4.72. The zero-order valence-corrected chi connectivity index (χ0v) is 37.7. The second-order valence-corrected chi connectivity index (χ2v) is 19.8. The van der Waals surface area contributed by atoms with Crippen molar-refractivity contribution in [2.45, 2.75) is 35.5 Å². The first-order chi connectivity index (χ1) is 35.2. The van der Waals surface area contributed by atoms with Crippen molar-refractivity contribution in [3.8, 4) is 44.5 Å². The molecule has 4 aliphatic rings. The van der Waals surface area contributed by atoms with Gasteiger partial charge in [-0.1, -0.05) is 97.1 Å². The van der Waals surface area contributed by atoms with E-state index in [0.29, 0.717) is 66.1 Å². The molecule has 360 valence electrons. The van der Waals surface area contributed by atoms with Gasteiger partial charge in [0.1, 0.15) is 0 Å². The predicted molar refractivity (Wildman–Crippen MR) is 260 cm³/mol. The van der Waals surface area contributed by atoms with Gasteiger partial charge < -0.3 is 0 Å². The van der Waals surface area contributed by atoms with E-state index in [0.717, 1.165) is 115 Å². The van der Waals surface area contributed by atoms with Gasteiger partial charge >= 0.3 is 24.7 Å². The molecule has 0 N–H and O–H groups in total. The van der Waals surface area contributed by atoms with E-state index in [4.69, 9.17) is 0 Å². The van der Waals surface area contributed by atoms with E-state index in [1.54, 1.807) is 0 Å². The van der Waals surface area contributed by atoms with Crippen molar-refractivity contribution in [2.75, 3.05) is 0 Å². The second-order valence-electron chi connectivity index (χ2n) is 19.8. The van der Waals surface area contributed by atoms with Crippen molar-refractivity contribution in [1.29, 1.82) is 0 Å². The van der Waals surface area contributed by atoms with Crippen LogP contribution in [0.15, 0.2) is 170 Å². The average molecular weight is 1000 g/mol. The third-order valence-electron chi connectivity index (χ3n) is 16.5. The van der Waals surface area contributed by atoms with Crippen molar-refractivity contribution in [3.63, 3.8) is 0 Å². The lowest BCUT2D eigenvalue weighted by molar-refractivity contribution is -0.138. The molecule has 0 saturated heterocycles. The molecule has 0 unspecified atom stereocenters. The van der Waals surface area contributed by atoms with E-state index < -0.39 is 57.8 Å². The number of benzene rings is 11. The van der Waals surface area contributed by atoms with E-state index in [1.165, 1.54) is 48.5 Å². The summed E-state index contributed by atoms with van der Waals surface area (Å²) < 4.78 is 174. The Morgan fingerprint density at radius 3 is 0.608 bits per heavy atom. The molecular weight excluding hydrogens is 973 g/mol. The molecule has 11 aromatic rings. The lowest BCUT2D eigenvalue weighted by Gasteiger charge is -2.36. The Bertz CT molecular complexity index is 3760. The van der Waals surface area contributed by atoms with Gasteiger partial charge in [-0.25, -0.2) is 0 Å². The van der Waals surface area contributed by atoms with Gasteiger partial charge in [0.05, 0.1) is 33.1 Å². The van der Waals surface area contributed by atoms with Gasteiger partial charge in [0.2, 0.25) is 0 Å². The molecule has 0 heterocycles. The Balaban J connectivity index is 1.20. The summed E-state index contributed by atoms with van der Waals surface area (Å²) in [5.74, 6) is 0. The fourth-order valence-electron chi connectivity index (χ4n) is 13.8. The van der Waals surface area contributed by atoms with E-state index in [-0.39, 0.29) is 0 Å². The van der Waals surface area contributed by atoms with E-state index in [1.807, 2.05) is 72.8 Å². The first-order valence-electron chi connectivity index (χ1n) is 23.5. The molecule has 0 bridgehead atoms. The van der Waals surface area contributed by atoms with Gasteiger partial charge in [-0.05, 0) is 205 Å². The zero-order valence-electron chi connectivity index (χ0n) is 37.7. The topological polar surface area (TPSA) is 0 Å². The van der Waals surface area contributed by atoms with Gasteiger partial charge in [0.25, 0.3) is 0 Å². The van der Waals surface area contributed by atoms with Crippen molar-refractivity contribution in [3.05, 3.63) is 237 Å². The molecule has 0 spiro atoms. The van der Waals surface area contributed by atoms with Crippen LogP contribution in [0.5, 0.6) is 0 Å². The summed E-state index contributed by atoms with van der Waals surface area (Å²) in [5, 5.41) is 5.84. The van der Waals surface area contributed by atoms with Crippen LogP contribution < -0.4 is 0 Å². The van der Waals surface area contributed by atoms with Crippen LogP contribution >= 0.6 is 0 Å². The normalized spacial score (nSPS) is 15.5. The highest BCUT2D eigenvalue weighted by Gasteiger charge is 2.54. The molecule has 12 heteroatoms. The summed E-state index contributed by atoms with van der Waals surface area (Å²) in [6.45, 7) is 0. The summed E-state index contributed by atoms with van der Waals surface area (Å²) in [6, 6.07) is 42.3. The summed E-state index contributed by atoms with van der Waals surface area (Å²) in [4.78, 5) is 0. The largest absolute Gasteiger partial charge is 0.416 e. The van der Waals surface area contributed by atoms with Crippen molar-refractivity contribution >= 4 is 43.1 Å². The van der Waals surface area contributed by atoms with Crippen LogP contribution in [0.3, 0.4) is 0 Å². The molecule has 0 amide bonds. The molecule has 15 rings (SSSR count). The first-order valence-corrected chi connectivity index (χ1v) is 23.5. The predicted octanol–water partition coefficient (Wildman–Crippen LogP) is 18.5. The van der Waals surface area contributed by atoms with Gasteiger partial charge in [-0.3, -0.25) is 0 Å². The van der Waals surface area contributed by atoms with Crippen LogP contribution in [0.2, 0.25) is 0 Å². The van der Waals surface area contributed by atoms with Crippen LogP contribution in [0.1, 0.15) is 66.8 Å². The van der Waals surface area contributed by atoms with Crippen LogP contribution in [-0.4, -0.2) is 0 Å². The van der Waals surface area contributed by atoms with E-state index >= 15 is 0 Å². The first kappa shape index (κ1) is 43.5. The summed E-state index contributed by atoms with van der Waals surface area (Å²) in [5.41, 5.74) is 3.16. The third kappa shape index (κ3) is 5.13. The maximum absolute atomic E-state index is 14.5. The van der Waals surface area contributed by atoms with Gasteiger partial charge in [-0.2, -0.15) is 52.7 Å². The minimum Gasteiger partial charge on any atom is -0.166 e. The monoisotopic (exact) mass is 1000 g/mol. The quantitative estimate of drug-likeness (QED) is 0.0936. The Hall–Kier alpha value is -8.12. The highest BCUT2D eigenvalue weighted by molar-refractivity contribution is 6.45. The standard InChI is InChI=1S/C62H28F12/c63-59(64,65)33-17-9-29(10-18-33)57(30-11-19-34(20-12-30)60(66,67)68)45-25-41-37-5-1-2-6-38(37)42-26-46-52-54-48(58(46,31-13-21-35(22-14-31)61(69,70)71)32-15-23-36(24-16-32)62(72,73)74)28-44-40-8-4-3-7-39(40)43-27-47(57)53(56(54)50(43)44)51(45)55(52)49(41)42/h1-28H. The summed E-state index contributed by atoms with van der Waals surface area (Å²) >= 11 is 0. The molecule has 0 radical (unpaired) electrons. The number of fused-ring (bicyclic) bond motifs is 6. The van der Waals surface area contributed by atoms with E-state index in [2.05, 4.69) is 0 Å². The Morgan fingerprint density at radius 1 is 0.216 bits per heavy atom. The lowest BCUT2D eigenvalue weighted by Crippen LogP contribution is -2.30. The third-order valence-corrected chi connectivity index (χ3v) is 16.5. The molecule has 11 aromatic carbocycles. The summed E-state index contributed by atoms with van der Waals surface area (Å²) in [7, 11) is 0. The molecule has 0 aromatic heterocycles. The summed E-state index contributed by atoms with van der Waals surface area (Å²) in [6.07, 6.45) is -18.9. The van der Waals surface area contributed by atoms with Crippen LogP contribution in [0.25, 0.3) is 87.6 Å². The molecule has 0 aliphatic heterocycles. The maximum atomic E-state index is 14.5. The number of hydrogen-bond acceptors (Lipinski definition) is 0. The number of alkyl halides is 12. The number of rotatable bonds is 4. The minimum absolute atomic E-state index is 0.361. The van der Waals surface area contributed by atoms with Gasteiger partial charge in [0, 0.05) is 0 Å². The zero-order chi connectivity index (χ0) is 51.0. The van der Waals surface area contributed by atoms with Crippen molar-refractivity contribution in [2.24, 2.45) is 0 Å². The van der Waals surface area contributed by atoms with Crippen LogP contribution in [0, 0.1) is 0 Å². The molecule has 0 saturated carbocycles. The lowest BCUT2D eigenvalue weighted by atomic mass is 9.65. The van der Waals surface area contributed by atoms with Crippen molar-refractivity contribution < 1.29 is 52.7 Å². The molecule has 0 nitrogen and oxygen atoms in total. The Morgan fingerprint density at radius 2 is 0.419 bits per heavy atom. The number of halogens is 12. The molecule has 74 heavy (non-hydrogen) atoms. The smallest absolute Gasteiger partial charge is 0.166 e. The van der Waals surface area contributed by atoms with Crippen LogP contribution in [0.4, 0.5) is 52.7 Å². The Kier molecular flexibility index (Phi) is 7.95. The fraction of sp³-hybridized carbons (Fsp3) is 0.0968. The fourth-order valence-corrected chi connectivity index (χ4v) is 13.8. The van der Waals surface area contributed by atoms with Crippen molar-refractivity contribution in [1.82, 2.24) is 0 Å². The van der Waals surface area contributed by atoms with E-state index in [9.17, 15) is 52.7 Å². The maximum Gasteiger partial charge on any atom is 0.416 e. The molecule has 0 fully saturated rings. The van der Waals surface area contributed by atoms with Crippen LogP contribution in [-0.2, 0) is 35.5 Å². The number of hydrogen-bond donors (Lipinski definition) is 0. The second kappa shape index (κ2) is 13.5. The highest BCUT2D eigenvalue weighted by Crippen LogP contribution is 2.70. The average Bonchev–Trinajstić information content (AvgIpc) is 4.21. The van der Waals surface area contributed by atoms with Gasteiger partial charge in [0.15, 0.2) is 0 Å². The molecule has 0 atom stereocenters. The highest BCUT2D eigenvalue weighted by atomic mass is 19.4. The van der Waals surface area contributed by atoms with Gasteiger partial charge in [-0.15, -0.1) is 0 Å². The Labute approximate surface area is 411 Å².